The monoisotopic (exact) mass is 247 g/mol. The van der Waals surface area contributed by atoms with Crippen molar-refractivity contribution in [1.29, 1.82) is 0 Å². The van der Waals surface area contributed by atoms with Crippen LogP contribution in [0.25, 0.3) is 0 Å². The van der Waals surface area contributed by atoms with Crippen LogP contribution in [-0.2, 0) is 6.54 Å². The summed E-state index contributed by atoms with van der Waals surface area (Å²) in [4.78, 5) is 11.3. The van der Waals surface area contributed by atoms with E-state index >= 15 is 0 Å². The molecule has 0 aromatic carbocycles. The van der Waals surface area contributed by atoms with Crippen LogP contribution in [0.1, 0.15) is 26.8 Å². The first-order chi connectivity index (χ1) is 8.04. The maximum absolute atomic E-state index is 4.36. The van der Waals surface area contributed by atoms with E-state index in [0.29, 0.717) is 0 Å². The summed E-state index contributed by atoms with van der Waals surface area (Å²) in [7, 11) is 0. The molecule has 0 saturated heterocycles. The zero-order valence-electron chi connectivity index (χ0n) is 10.7. The summed E-state index contributed by atoms with van der Waals surface area (Å²) < 4.78 is 0. The Labute approximate surface area is 106 Å². The normalized spacial score (nSPS) is 10.6. The summed E-state index contributed by atoms with van der Waals surface area (Å²) in [5.74, 6) is 1.71. The topological polar surface area (TPSA) is 37.8 Å². The number of nitrogens with zero attached hydrogens (tertiary/aromatic N) is 2. The first kappa shape index (κ1) is 12.0. The highest BCUT2D eigenvalue weighted by Crippen LogP contribution is 2.21. The molecule has 2 heterocycles. The first-order valence-electron chi connectivity index (χ1n) is 5.66. The second-order valence-electron chi connectivity index (χ2n) is 4.25. The van der Waals surface area contributed by atoms with Crippen LogP contribution in [-0.4, -0.2) is 9.97 Å². The maximum Gasteiger partial charge on any atom is 0.130 e. The summed E-state index contributed by atoms with van der Waals surface area (Å²) in [5.41, 5.74) is 2.36. The summed E-state index contributed by atoms with van der Waals surface area (Å²) in [6.45, 7) is 9.03. The fourth-order valence-corrected chi connectivity index (χ4v) is 2.72. The standard InChI is InChI=1S/C13H17N3S/c1-8-5-12(17-10(8)3)7-14-13-6-9(2)15-11(4)16-13/h5-6H,7H2,1-4H3,(H,14,15,16). The van der Waals surface area contributed by atoms with Crippen LogP contribution in [0.5, 0.6) is 0 Å². The van der Waals surface area contributed by atoms with Gasteiger partial charge in [-0.05, 0) is 39.3 Å². The molecule has 2 aromatic rings. The van der Waals surface area contributed by atoms with Gasteiger partial charge in [0.25, 0.3) is 0 Å². The Bertz CT molecular complexity index is 492. The Hall–Kier alpha value is -1.42. The minimum Gasteiger partial charge on any atom is -0.365 e. The fraction of sp³-hybridized carbons (Fsp3) is 0.385. The molecular formula is C13H17N3S. The van der Waals surface area contributed by atoms with Gasteiger partial charge in [-0.15, -0.1) is 11.3 Å². The van der Waals surface area contributed by atoms with Crippen molar-refractivity contribution in [2.75, 3.05) is 5.32 Å². The molecule has 0 saturated carbocycles. The molecular weight excluding hydrogens is 230 g/mol. The van der Waals surface area contributed by atoms with Gasteiger partial charge < -0.3 is 5.32 Å². The Morgan fingerprint density at radius 1 is 1.12 bits per heavy atom. The summed E-state index contributed by atoms with van der Waals surface area (Å²) in [6.07, 6.45) is 0. The van der Waals surface area contributed by atoms with Crippen LogP contribution >= 0.6 is 11.3 Å². The number of hydrogen-bond acceptors (Lipinski definition) is 4. The lowest BCUT2D eigenvalue weighted by Gasteiger charge is -2.05. The summed E-state index contributed by atoms with van der Waals surface area (Å²) in [5, 5.41) is 3.34. The lowest BCUT2D eigenvalue weighted by atomic mass is 10.3. The van der Waals surface area contributed by atoms with Gasteiger partial charge in [0.1, 0.15) is 11.6 Å². The van der Waals surface area contributed by atoms with E-state index in [-0.39, 0.29) is 0 Å². The van der Waals surface area contributed by atoms with Crippen molar-refractivity contribution < 1.29 is 0 Å². The highest BCUT2D eigenvalue weighted by molar-refractivity contribution is 7.12. The molecule has 2 aromatic heterocycles. The highest BCUT2D eigenvalue weighted by atomic mass is 32.1. The molecule has 0 radical (unpaired) electrons. The van der Waals surface area contributed by atoms with Crippen molar-refractivity contribution in [3.8, 4) is 0 Å². The Balaban J connectivity index is 2.07. The van der Waals surface area contributed by atoms with E-state index in [1.54, 1.807) is 0 Å². The van der Waals surface area contributed by atoms with Gasteiger partial charge in [0, 0.05) is 21.5 Å². The average Bonchev–Trinajstić information content (AvgIpc) is 2.54. The Morgan fingerprint density at radius 3 is 2.47 bits per heavy atom. The van der Waals surface area contributed by atoms with Gasteiger partial charge in [-0.3, -0.25) is 0 Å². The smallest absolute Gasteiger partial charge is 0.130 e. The molecule has 0 fully saturated rings. The van der Waals surface area contributed by atoms with Gasteiger partial charge in [0.05, 0.1) is 6.54 Å². The lowest BCUT2D eigenvalue weighted by molar-refractivity contribution is 0.995. The predicted octanol–water partition coefficient (Wildman–Crippen LogP) is 3.38. The number of hydrogen-bond donors (Lipinski definition) is 1. The molecule has 0 atom stereocenters. The molecule has 0 aliphatic heterocycles. The zero-order chi connectivity index (χ0) is 12.4. The number of anilines is 1. The molecule has 0 bridgehead atoms. The van der Waals surface area contributed by atoms with Crippen molar-refractivity contribution in [2.45, 2.75) is 34.2 Å². The highest BCUT2D eigenvalue weighted by Gasteiger charge is 2.03. The molecule has 4 heteroatoms. The molecule has 90 valence electrons. The molecule has 0 aliphatic rings. The summed E-state index contributed by atoms with van der Waals surface area (Å²) in [6, 6.07) is 4.20. The third kappa shape index (κ3) is 3.03. The third-order valence-electron chi connectivity index (χ3n) is 2.63. The van der Waals surface area contributed by atoms with Gasteiger partial charge in [-0.25, -0.2) is 9.97 Å². The predicted molar refractivity (Wildman–Crippen MR) is 72.6 cm³/mol. The second kappa shape index (κ2) is 4.84. The van der Waals surface area contributed by atoms with Crippen LogP contribution in [0.4, 0.5) is 5.82 Å². The van der Waals surface area contributed by atoms with Crippen LogP contribution in [0.2, 0.25) is 0 Å². The number of thiophene rings is 1. The van der Waals surface area contributed by atoms with Gasteiger partial charge in [0.2, 0.25) is 0 Å². The fourth-order valence-electron chi connectivity index (χ4n) is 1.72. The molecule has 2 rings (SSSR count). The van der Waals surface area contributed by atoms with Crippen molar-refractivity contribution in [1.82, 2.24) is 9.97 Å². The van der Waals surface area contributed by atoms with E-state index in [1.807, 2.05) is 31.3 Å². The van der Waals surface area contributed by atoms with E-state index in [0.717, 1.165) is 23.9 Å². The molecule has 17 heavy (non-hydrogen) atoms. The minimum atomic E-state index is 0.811. The van der Waals surface area contributed by atoms with Crippen molar-refractivity contribution in [3.63, 3.8) is 0 Å². The second-order valence-corrected chi connectivity index (χ2v) is 5.59. The van der Waals surface area contributed by atoms with E-state index < -0.39 is 0 Å². The van der Waals surface area contributed by atoms with Crippen LogP contribution in [0.15, 0.2) is 12.1 Å². The quantitative estimate of drug-likeness (QED) is 0.903. The van der Waals surface area contributed by atoms with Crippen LogP contribution in [0.3, 0.4) is 0 Å². The molecule has 0 amide bonds. The molecule has 1 N–H and O–H groups in total. The van der Waals surface area contributed by atoms with Gasteiger partial charge in [-0.1, -0.05) is 0 Å². The molecule has 3 nitrogen and oxygen atoms in total. The van der Waals surface area contributed by atoms with Crippen molar-refractivity contribution in [2.24, 2.45) is 0 Å². The average molecular weight is 247 g/mol. The van der Waals surface area contributed by atoms with Crippen molar-refractivity contribution in [3.05, 3.63) is 39.0 Å². The van der Waals surface area contributed by atoms with E-state index in [2.05, 4.69) is 35.2 Å². The van der Waals surface area contributed by atoms with E-state index in [4.69, 9.17) is 0 Å². The van der Waals surface area contributed by atoms with Gasteiger partial charge >= 0.3 is 0 Å². The minimum absolute atomic E-state index is 0.811. The molecule has 0 spiro atoms. The first-order valence-corrected chi connectivity index (χ1v) is 6.48. The van der Waals surface area contributed by atoms with E-state index in [1.165, 1.54) is 15.3 Å². The van der Waals surface area contributed by atoms with Crippen LogP contribution in [0, 0.1) is 27.7 Å². The maximum atomic E-state index is 4.36. The van der Waals surface area contributed by atoms with Crippen LogP contribution < -0.4 is 5.32 Å². The molecule has 0 unspecified atom stereocenters. The number of aromatic nitrogens is 2. The summed E-state index contributed by atoms with van der Waals surface area (Å²) >= 11 is 1.84. The Kier molecular flexibility index (Phi) is 3.43. The van der Waals surface area contributed by atoms with Gasteiger partial charge in [0.15, 0.2) is 0 Å². The number of rotatable bonds is 3. The lowest BCUT2D eigenvalue weighted by Crippen LogP contribution is -2.02. The van der Waals surface area contributed by atoms with Crippen molar-refractivity contribution >= 4 is 17.2 Å². The Morgan fingerprint density at radius 2 is 1.88 bits per heavy atom. The zero-order valence-corrected chi connectivity index (χ0v) is 11.5. The largest absolute Gasteiger partial charge is 0.365 e. The third-order valence-corrected chi connectivity index (χ3v) is 3.78. The van der Waals surface area contributed by atoms with Gasteiger partial charge in [-0.2, -0.15) is 0 Å². The van der Waals surface area contributed by atoms with E-state index in [9.17, 15) is 0 Å². The molecule has 0 aliphatic carbocycles. The SMILES string of the molecule is Cc1cc(NCc2cc(C)c(C)s2)nc(C)n1. The number of aryl methyl sites for hydroxylation is 4. The number of nitrogens with one attached hydrogen (secondary N) is 1.